The summed E-state index contributed by atoms with van der Waals surface area (Å²) in [6, 6.07) is 18.5. The Bertz CT molecular complexity index is 1150. The number of fused-ring (bicyclic) bond motifs is 1. The van der Waals surface area contributed by atoms with Gasteiger partial charge in [0.2, 0.25) is 0 Å². The monoisotopic (exact) mass is 448 g/mol. The molecule has 1 aliphatic heterocycles. The number of nitro benzene ring substituents is 1. The number of amides is 1. The first-order valence-electron chi connectivity index (χ1n) is 10.5. The highest BCUT2D eigenvalue weighted by molar-refractivity contribution is 5.94. The molecule has 0 fully saturated rings. The van der Waals surface area contributed by atoms with Gasteiger partial charge in [0.15, 0.2) is 11.5 Å². The second kappa shape index (κ2) is 9.60. The molecule has 8 heteroatoms. The lowest BCUT2D eigenvalue weighted by Gasteiger charge is -2.37. The molecule has 0 saturated carbocycles. The number of ether oxygens (including phenoxy) is 3. The predicted octanol–water partition coefficient (Wildman–Crippen LogP) is 4.43. The maximum absolute atomic E-state index is 13.4. The van der Waals surface area contributed by atoms with E-state index in [9.17, 15) is 14.9 Å². The Morgan fingerprint density at radius 1 is 1.03 bits per heavy atom. The molecule has 3 aromatic carbocycles. The number of carbonyl (C=O) groups is 1. The lowest BCUT2D eigenvalue weighted by atomic mass is 9.91. The van der Waals surface area contributed by atoms with Crippen LogP contribution in [0.15, 0.2) is 66.7 Å². The Kier molecular flexibility index (Phi) is 6.44. The number of nitro groups is 1. The normalized spacial score (nSPS) is 14.8. The van der Waals surface area contributed by atoms with Gasteiger partial charge in [-0.05, 0) is 53.9 Å². The van der Waals surface area contributed by atoms with Gasteiger partial charge in [0, 0.05) is 24.2 Å². The second-order valence-electron chi connectivity index (χ2n) is 7.60. The molecule has 0 aromatic heterocycles. The smallest absolute Gasteiger partial charge is 0.269 e. The van der Waals surface area contributed by atoms with E-state index in [1.807, 2.05) is 30.3 Å². The number of carbonyl (C=O) groups excluding carboxylic acids is 1. The molecule has 0 unspecified atom stereocenters. The molecule has 4 rings (SSSR count). The van der Waals surface area contributed by atoms with E-state index < -0.39 is 4.92 Å². The van der Waals surface area contributed by atoms with Crippen molar-refractivity contribution in [1.82, 2.24) is 4.90 Å². The Balaban J connectivity index is 1.67. The van der Waals surface area contributed by atoms with E-state index in [-0.39, 0.29) is 24.2 Å². The highest BCUT2D eigenvalue weighted by Crippen LogP contribution is 2.39. The first-order valence-corrected chi connectivity index (χ1v) is 10.5. The summed E-state index contributed by atoms with van der Waals surface area (Å²) in [6.07, 6.45) is 0.669. The van der Waals surface area contributed by atoms with Crippen molar-refractivity contribution < 1.29 is 23.9 Å². The van der Waals surface area contributed by atoms with E-state index in [2.05, 4.69) is 0 Å². The number of nitrogens with zero attached hydrogens (tertiary/aromatic N) is 2. The van der Waals surface area contributed by atoms with Gasteiger partial charge in [0.05, 0.1) is 25.2 Å². The average Bonchev–Trinajstić information content (AvgIpc) is 2.86. The SMILES string of the molecule is COc1cc2c(cc1OC)[C@H](COc1ccc([N+](=O)[O-])cc1)N(C(=O)c1ccccc1)CC2. The van der Waals surface area contributed by atoms with Crippen molar-refractivity contribution in [2.75, 3.05) is 27.4 Å². The van der Waals surface area contributed by atoms with Crippen LogP contribution in [0.3, 0.4) is 0 Å². The summed E-state index contributed by atoms with van der Waals surface area (Å²) in [5.74, 6) is 1.60. The third kappa shape index (κ3) is 4.59. The molecule has 0 radical (unpaired) electrons. The first-order chi connectivity index (χ1) is 16.0. The minimum absolute atomic E-state index is 0.0110. The Morgan fingerprint density at radius 2 is 1.70 bits per heavy atom. The van der Waals surface area contributed by atoms with Crippen molar-refractivity contribution in [2.45, 2.75) is 12.5 Å². The van der Waals surface area contributed by atoms with Crippen molar-refractivity contribution in [1.29, 1.82) is 0 Å². The van der Waals surface area contributed by atoms with Gasteiger partial charge in [0.25, 0.3) is 11.6 Å². The zero-order valence-corrected chi connectivity index (χ0v) is 18.4. The molecule has 8 nitrogen and oxygen atoms in total. The molecule has 0 spiro atoms. The molecule has 0 saturated heterocycles. The van der Waals surface area contributed by atoms with Gasteiger partial charge in [0.1, 0.15) is 12.4 Å². The molecule has 0 N–H and O–H groups in total. The standard InChI is InChI=1S/C25H24N2O6/c1-31-23-14-18-12-13-26(25(28)17-6-4-3-5-7-17)22(21(18)15-24(23)32-2)16-33-20-10-8-19(9-11-20)27(29)30/h3-11,14-15,22H,12-13,16H2,1-2H3/t22-/m0/s1. The van der Waals surface area contributed by atoms with Crippen LogP contribution < -0.4 is 14.2 Å². The molecule has 33 heavy (non-hydrogen) atoms. The van der Waals surface area contributed by atoms with Crippen LogP contribution in [-0.4, -0.2) is 43.1 Å². The Hall–Kier alpha value is -4.07. The second-order valence-corrected chi connectivity index (χ2v) is 7.60. The zero-order valence-electron chi connectivity index (χ0n) is 18.4. The van der Waals surface area contributed by atoms with Crippen molar-refractivity contribution in [2.24, 2.45) is 0 Å². The number of hydrogen-bond donors (Lipinski definition) is 0. The van der Waals surface area contributed by atoms with Gasteiger partial charge in [-0.1, -0.05) is 18.2 Å². The summed E-state index contributed by atoms with van der Waals surface area (Å²) in [6.45, 7) is 0.698. The highest BCUT2D eigenvalue weighted by Gasteiger charge is 2.33. The summed E-state index contributed by atoms with van der Waals surface area (Å²) in [5, 5.41) is 10.9. The molecule has 1 aliphatic rings. The van der Waals surface area contributed by atoms with E-state index in [1.54, 1.807) is 43.4 Å². The van der Waals surface area contributed by atoms with Gasteiger partial charge in [-0.15, -0.1) is 0 Å². The minimum Gasteiger partial charge on any atom is -0.493 e. The van der Waals surface area contributed by atoms with Crippen LogP contribution in [0.4, 0.5) is 5.69 Å². The summed E-state index contributed by atoms with van der Waals surface area (Å²) < 4.78 is 16.9. The van der Waals surface area contributed by atoms with Gasteiger partial charge in [-0.25, -0.2) is 0 Å². The van der Waals surface area contributed by atoms with E-state index in [0.717, 1.165) is 11.1 Å². The Morgan fingerprint density at radius 3 is 2.33 bits per heavy atom. The quantitative estimate of drug-likeness (QED) is 0.392. The molecular formula is C25H24N2O6. The van der Waals surface area contributed by atoms with E-state index >= 15 is 0 Å². The number of hydrogen-bond acceptors (Lipinski definition) is 6. The summed E-state index contributed by atoms with van der Waals surface area (Å²) >= 11 is 0. The third-order valence-corrected chi connectivity index (χ3v) is 5.74. The van der Waals surface area contributed by atoms with Crippen molar-refractivity contribution in [3.8, 4) is 17.2 Å². The van der Waals surface area contributed by atoms with E-state index in [1.165, 1.54) is 12.1 Å². The number of rotatable bonds is 7. The molecule has 1 amide bonds. The van der Waals surface area contributed by atoms with E-state index in [4.69, 9.17) is 14.2 Å². The van der Waals surface area contributed by atoms with Crippen molar-refractivity contribution in [3.63, 3.8) is 0 Å². The molecule has 1 atom stereocenters. The predicted molar refractivity (Wildman–Crippen MR) is 122 cm³/mol. The van der Waals surface area contributed by atoms with Gasteiger partial charge < -0.3 is 19.1 Å². The van der Waals surface area contributed by atoms with Crippen molar-refractivity contribution in [3.05, 3.63) is 93.5 Å². The highest BCUT2D eigenvalue weighted by atomic mass is 16.6. The summed E-state index contributed by atoms with van der Waals surface area (Å²) in [7, 11) is 3.16. The summed E-state index contributed by atoms with van der Waals surface area (Å²) in [5.41, 5.74) is 2.57. The topological polar surface area (TPSA) is 91.1 Å². The van der Waals surface area contributed by atoms with Gasteiger partial charge >= 0.3 is 0 Å². The fraction of sp³-hybridized carbons (Fsp3) is 0.240. The Labute approximate surface area is 191 Å². The van der Waals surface area contributed by atoms with Gasteiger partial charge in [-0.2, -0.15) is 0 Å². The zero-order chi connectivity index (χ0) is 23.4. The van der Waals surface area contributed by atoms with Crippen LogP contribution in [0.1, 0.15) is 27.5 Å². The average molecular weight is 448 g/mol. The number of benzene rings is 3. The van der Waals surface area contributed by atoms with Crippen LogP contribution in [0.5, 0.6) is 17.2 Å². The number of non-ortho nitro benzene ring substituents is 1. The lowest BCUT2D eigenvalue weighted by molar-refractivity contribution is -0.384. The molecule has 1 heterocycles. The molecule has 0 aliphatic carbocycles. The molecule has 0 bridgehead atoms. The van der Waals surface area contributed by atoms with Crippen LogP contribution in [0, 0.1) is 10.1 Å². The largest absolute Gasteiger partial charge is 0.493 e. The van der Waals surface area contributed by atoms with E-state index in [0.29, 0.717) is 35.8 Å². The molecule has 170 valence electrons. The minimum atomic E-state index is -0.457. The van der Waals surface area contributed by atoms with Crippen LogP contribution in [0.2, 0.25) is 0 Å². The maximum Gasteiger partial charge on any atom is 0.269 e. The summed E-state index contributed by atoms with van der Waals surface area (Å²) in [4.78, 5) is 25.6. The first kappa shape index (κ1) is 22.1. The lowest BCUT2D eigenvalue weighted by Crippen LogP contribution is -2.42. The van der Waals surface area contributed by atoms with Crippen LogP contribution in [-0.2, 0) is 6.42 Å². The van der Waals surface area contributed by atoms with Crippen molar-refractivity contribution >= 4 is 11.6 Å². The van der Waals surface area contributed by atoms with Crippen LogP contribution >= 0.6 is 0 Å². The molecular weight excluding hydrogens is 424 g/mol. The number of methoxy groups -OCH3 is 2. The fourth-order valence-corrected chi connectivity index (χ4v) is 4.04. The maximum atomic E-state index is 13.4. The van der Waals surface area contributed by atoms with Gasteiger partial charge in [-0.3, -0.25) is 14.9 Å². The fourth-order valence-electron chi connectivity index (χ4n) is 4.04. The third-order valence-electron chi connectivity index (χ3n) is 5.74. The molecule has 3 aromatic rings. The van der Waals surface area contributed by atoms with Crippen LogP contribution in [0.25, 0.3) is 0 Å².